The van der Waals surface area contributed by atoms with Gasteiger partial charge in [0, 0.05) is 20.1 Å². The van der Waals surface area contributed by atoms with Crippen molar-refractivity contribution in [1.82, 2.24) is 5.32 Å². The first-order valence-electron chi connectivity index (χ1n) is 5.77. The van der Waals surface area contributed by atoms with Gasteiger partial charge in [0.05, 0.1) is 6.61 Å². The van der Waals surface area contributed by atoms with E-state index in [1.165, 1.54) is 7.11 Å². The number of amides is 1. The molecule has 6 nitrogen and oxygen atoms in total. The predicted molar refractivity (Wildman–Crippen MR) is 66.3 cm³/mol. The molecule has 0 aromatic carbocycles. The van der Waals surface area contributed by atoms with Gasteiger partial charge in [-0.2, -0.15) is 0 Å². The third-order valence-corrected chi connectivity index (χ3v) is 2.28. The van der Waals surface area contributed by atoms with Crippen LogP contribution in [0.3, 0.4) is 0 Å². The summed E-state index contributed by atoms with van der Waals surface area (Å²) in [5, 5.41) is 11.3. The van der Waals surface area contributed by atoms with Gasteiger partial charge in [0.25, 0.3) is 0 Å². The van der Waals surface area contributed by atoms with E-state index in [0.29, 0.717) is 13.0 Å². The number of methoxy groups -OCH3 is 1. The van der Waals surface area contributed by atoms with Crippen molar-refractivity contribution < 1.29 is 24.2 Å². The fourth-order valence-electron chi connectivity index (χ4n) is 1.19. The fraction of sp³-hybridized carbons (Fsp3) is 0.667. The van der Waals surface area contributed by atoms with Crippen LogP contribution in [-0.4, -0.2) is 49.5 Å². The van der Waals surface area contributed by atoms with Crippen LogP contribution in [0.1, 0.15) is 19.8 Å². The number of carbonyl (C=O) groups excluding carboxylic acids is 1. The Balaban J connectivity index is 4.14. The zero-order chi connectivity index (χ0) is 14.0. The lowest BCUT2D eigenvalue weighted by Crippen LogP contribution is -2.46. The summed E-state index contributed by atoms with van der Waals surface area (Å²) in [7, 11) is 1.47. The van der Waals surface area contributed by atoms with Gasteiger partial charge < -0.3 is 19.9 Å². The molecule has 0 aromatic heterocycles. The molecule has 0 rings (SSSR count). The second kappa shape index (κ2) is 9.61. The standard InChI is InChI=1S/C12H21NO5/c1-4-5-7-18-9(2)11(14)13-10(12(15)16)6-8-17-3/h4,9-10H,1,5-8H2,2-3H3,(H,13,14)(H,15,16). The summed E-state index contributed by atoms with van der Waals surface area (Å²) in [6.07, 6.45) is 1.86. The third kappa shape index (κ3) is 7.03. The lowest BCUT2D eigenvalue weighted by molar-refractivity contribution is -0.144. The molecule has 0 bridgehead atoms. The molecule has 18 heavy (non-hydrogen) atoms. The summed E-state index contributed by atoms with van der Waals surface area (Å²) in [5.41, 5.74) is 0. The second-order valence-electron chi connectivity index (χ2n) is 3.77. The average Bonchev–Trinajstić information content (AvgIpc) is 2.33. The van der Waals surface area contributed by atoms with E-state index in [9.17, 15) is 9.59 Å². The molecule has 0 radical (unpaired) electrons. The Hall–Kier alpha value is -1.40. The highest BCUT2D eigenvalue weighted by Crippen LogP contribution is 1.98. The largest absolute Gasteiger partial charge is 0.480 e. The molecule has 0 heterocycles. The molecule has 0 saturated heterocycles. The summed E-state index contributed by atoms with van der Waals surface area (Å²) < 4.78 is 10.0. The van der Waals surface area contributed by atoms with Gasteiger partial charge in [0.2, 0.25) is 5.91 Å². The van der Waals surface area contributed by atoms with Crippen LogP contribution in [0, 0.1) is 0 Å². The fourth-order valence-corrected chi connectivity index (χ4v) is 1.19. The molecule has 0 aliphatic heterocycles. The van der Waals surface area contributed by atoms with Gasteiger partial charge in [-0.1, -0.05) is 6.08 Å². The Labute approximate surface area is 107 Å². The first kappa shape index (κ1) is 16.6. The number of nitrogens with one attached hydrogen (secondary N) is 1. The van der Waals surface area contributed by atoms with E-state index in [1.54, 1.807) is 13.0 Å². The first-order chi connectivity index (χ1) is 8.52. The smallest absolute Gasteiger partial charge is 0.326 e. The van der Waals surface area contributed by atoms with Crippen LogP contribution in [0.15, 0.2) is 12.7 Å². The molecule has 2 unspecified atom stereocenters. The first-order valence-corrected chi connectivity index (χ1v) is 5.77. The summed E-state index contributed by atoms with van der Waals surface area (Å²) in [5.74, 6) is -1.53. The number of hydrogen-bond acceptors (Lipinski definition) is 4. The molecule has 0 fully saturated rings. The molecular formula is C12H21NO5. The topological polar surface area (TPSA) is 84.9 Å². The number of rotatable bonds is 10. The molecule has 0 saturated carbocycles. The Morgan fingerprint density at radius 2 is 2.11 bits per heavy atom. The van der Waals surface area contributed by atoms with Gasteiger partial charge in [0.1, 0.15) is 12.1 Å². The van der Waals surface area contributed by atoms with Crippen molar-refractivity contribution in [1.29, 1.82) is 0 Å². The highest BCUT2D eigenvalue weighted by molar-refractivity contribution is 5.86. The molecule has 2 atom stereocenters. The van der Waals surface area contributed by atoms with Crippen molar-refractivity contribution in [3.05, 3.63) is 12.7 Å². The van der Waals surface area contributed by atoms with E-state index in [-0.39, 0.29) is 13.0 Å². The summed E-state index contributed by atoms with van der Waals surface area (Å²) in [4.78, 5) is 22.5. The second-order valence-corrected chi connectivity index (χ2v) is 3.77. The Morgan fingerprint density at radius 1 is 1.44 bits per heavy atom. The van der Waals surface area contributed by atoms with E-state index in [2.05, 4.69) is 11.9 Å². The summed E-state index contributed by atoms with van der Waals surface area (Å²) in [6.45, 7) is 5.76. The minimum atomic E-state index is -1.08. The number of carboxylic acids is 1. The lowest BCUT2D eigenvalue weighted by atomic mass is 10.2. The normalized spacial score (nSPS) is 13.7. The van der Waals surface area contributed by atoms with Crippen LogP contribution in [0.25, 0.3) is 0 Å². The van der Waals surface area contributed by atoms with Crippen LogP contribution in [-0.2, 0) is 19.1 Å². The monoisotopic (exact) mass is 259 g/mol. The highest BCUT2D eigenvalue weighted by atomic mass is 16.5. The van der Waals surface area contributed by atoms with Gasteiger partial charge in [-0.05, 0) is 13.3 Å². The van der Waals surface area contributed by atoms with Crippen molar-refractivity contribution in [2.75, 3.05) is 20.3 Å². The van der Waals surface area contributed by atoms with Crippen molar-refractivity contribution in [2.45, 2.75) is 31.9 Å². The van der Waals surface area contributed by atoms with Crippen molar-refractivity contribution in [2.24, 2.45) is 0 Å². The number of ether oxygens (including phenoxy) is 2. The van der Waals surface area contributed by atoms with Crippen molar-refractivity contribution >= 4 is 11.9 Å². The van der Waals surface area contributed by atoms with Crippen LogP contribution in [0.2, 0.25) is 0 Å². The van der Waals surface area contributed by atoms with E-state index in [4.69, 9.17) is 14.6 Å². The van der Waals surface area contributed by atoms with Gasteiger partial charge in [0.15, 0.2) is 0 Å². The third-order valence-electron chi connectivity index (χ3n) is 2.28. The Bertz CT molecular complexity index is 280. The molecule has 1 amide bonds. The maximum absolute atomic E-state index is 11.6. The van der Waals surface area contributed by atoms with Gasteiger partial charge in [-0.15, -0.1) is 6.58 Å². The average molecular weight is 259 g/mol. The molecular weight excluding hydrogens is 238 g/mol. The number of carbonyl (C=O) groups is 2. The number of hydrogen-bond donors (Lipinski definition) is 2. The van der Waals surface area contributed by atoms with Gasteiger partial charge >= 0.3 is 5.97 Å². The Kier molecular flexibility index (Phi) is 8.86. The van der Waals surface area contributed by atoms with Crippen LogP contribution >= 0.6 is 0 Å². The van der Waals surface area contributed by atoms with Gasteiger partial charge in [-0.25, -0.2) is 4.79 Å². The minimum Gasteiger partial charge on any atom is -0.480 e. The zero-order valence-electron chi connectivity index (χ0n) is 10.8. The van der Waals surface area contributed by atoms with Crippen LogP contribution in [0.4, 0.5) is 0 Å². The maximum Gasteiger partial charge on any atom is 0.326 e. The molecule has 104 valence electrons. The summed E-state index contributed by atoms with van der Waals surface area (Å²) in [6, 6.07) is -0.956. The molecule has 0 spiro atoms. The van der Waals surface area contributed by atoms with Crippen LogP contribution in [0.5, 0.6) is 0 Å². The molecule has 2 N–H and O–H groups in total. The number of carboxylic acid groups (broad SMARTS) is 1. The molecule has 0 aliphatic rings. The van der Waals surface area contributed by atoms with E-state index in [0.717, 1.165) is 0 Å². The van der Waals surface area contributed by atoms with Crippen LogP contribution < -0.4 is 5.32 Å². The summed E-state index contributed by atoms with van der Waals surface area (Å²) >= 11 is 0. The zero-order valence-corrected chi connectivity index (χ0v) is 10.8. The van der Waals surface area contributed by atoms with E-state index in [1.807, 2.05) is 0 Å². The van der Waals surface area contributed by atoms with Crippen molar-refractivity contribution in [3.63, 3.8) is 0 Å². The molecule has 0 aromatic rings. The molecule has 6 heteroatoms. The van der Waals surface area contributed by atoms with E-state index < -0.39 is 24.0 Å². The van der Waals surface area contributed by atoms with Gasteiger partial charge in [-0.3, -0.25) is 4.79 Å². The lowest BCUT2D eigenvalue weighted by Gasteiger charge is -2.17. The highest BCUT2D eigenvalue weighted by Gasteiger charge is 2.22. The predicted octanol–water partition coefficient (Wildman–Crippen LogP) is 0.573. The maximum atomic E-state index is 11.6. The van der Waals surface area contributed by atoms with E-state index >= 15 is 0 Å². The molecule has 0 aliphatic carbocycles. The SMILES string of the molecule is C=CCCOC(C)C(=O)NC(CCOC)C(=O)O. The minimum absolute atomic E-state index is 0.219. The Morgan fingerprint density at radius 3 is 2.61 bits per heavy atom. The number of aliphatic carboxylic acids is 1. The van der Waals surface area contributed by atoms with Crippen molar-refractivity contribution in [3.8, 4) is 0 Å². The quantitative estimate of drug-likeness (QED) is 0.442.